The van der Waals surface area contributed by atoms with Crippen LogP contribution in [0.4, 0.5) is 0 Å². The molecule has 0 radical (unpaired) electrons. The third-order valence-corrected chi connectivity index (χ3v) is 3.41. The Kier molecular flexibility index (Phi) is 5.16. The lowest BCUT2D eigenvalue weighted by Gasteiger charge is -2.24. The van der Waals surface area contributed by atoms with Gasteiger partial charge in [0.2, 0.25) is 0 Å². The first-order chi connectivity index (χ1) is 8.78. The average Bonchev–Trinajstić information content (AvgIpc) is 2.98. The van der Waals surface area contributed by atoms with Crippen LogP contribution in [0.25, 0.3) is 0 Å². The molecule has 1 aliphatic rings. The topological polar surface area (TPSA) is 42.3 Å². The fourth-order valence-corrected chi connectivity index (χ4v) is 2.46. The van der Waals surface area contributed by atoms with Gasteiger partial charge in [-0.2, -0.15) is 5.10 Å². The van der Waals surface area contributed by atoms with E-state index >= 15 is 0 Å². The number of nitrogens with zero attached hydrogens (tertiary/aromatic N) is 3. The summed E-state index contributed by atoms with van der Waals surface area (Å²) in [6, 6.07) is 2.72. The molecule has 0 aromatic carbocycles. The van der Waals surface area contributed by atoms with Crippen molar-refractivity contribution < 1.29 is 4.74 Å². The zero-order chi connectivity index (χ0) is 12.8. The van der Waals surface area contributed by atoms with E-state index < -0.39 is 0 Å². The zero-order valence-corrected chi connectivity index (χ0v) is 11.4. The van der Waals surface area contributed by atoms with Crippen LogP contribution >= 0.6 is 0 Å². The molecule has 1 aromatic rings. The summed E-state index contributed by atoms with van der Waals surface area (Å²) in [6.45, 7) is 4.89. The smallest absolute Gasteiger partial charge is 0.0764 e. The summed E-state index contributed by atoms with van der Waals surface area (Å²) in [5.41, 5.74) is 1.13. The summed E-state index contributed by atoms with van der Waals surface area (Å²) in [4.78, 5) is 2.43. The van der Waals surface area contributed by atoms with Gasteiger partial charge in [0.05, 0.1) is 12.3 Å². The van der Waals surface area contributed by atoms with Crippen molar-refractivity contribution in [2.24, 2.45) is 7.05 Å². The fraction of sp³-hybridized carbons (Fsp3) is 0.769. The van der Waals surface area contributed by atoms with E-state index in [0.29, 0.717) is 6.04 Å². The van der Waals surface area contributed by atoms with Crippen LogP contribution < -0.4 is 5.32 Å². The van der Waals surface area contributed by atoms with Crippen molar-refractivity contribution in [3.8, 4) is 0 Å². The molecule has 0 spiro atoms. The van der Waals surface area contributed by atoms with Crippen LogP contribution in [0.2, 0.25) is 0 Å². The van der Waals surface area contributed by atoms with Gasteiger partial charge in [-0.15, -0.1) is 0 Å². The van der Waals surface area contributed by atoms with E-state index in [0.717, 1.165) is 38.5 Å². The van der Waals surface area contributed by atoms with Gasteiger partial charge in [0, 0.05) is 46.0 Å². The predicted octanol–water partition coefficient (Wildman–Crippen LogP) is 0.620. The second-order valence-electron chi connectivity index (χ2n) is 5.00. The molecule has 102 valence electrons. The van der Waals surface area contributed by atoms with Gasteiger partial charge in [-0.05, 0) is 25.5 Å². The van der Waals surface area contributed by atoms with Crippen LogP contribution in [0.5, 0.6) is 0 Å². The molecule has 1 aliphatic heterocycles. The van der Waals surface area contributed by atoms with Gasteiger partial charge in [0.25, 0.3) is 0 Å². The first-order valence-corrected chi connectivity index (χ1v) is 6.71. The minimum absolute atomic E-state index is 0.630. The van der Waals surface area contributed by atoms with Crippen LogP contribution in [-0.2, 0) is 18.3 Å². The molecule has 0 bridgehead atoms. The molecule has 1 fully saturated rings. The second-order valence-corrected chi connectivity index (χ2v) is 5.00. The number of nitrogens with one attached hydrogen (secondary N) is 1. The minimum Gasteiger partial charge on any atom is -0.383 e. The Bertz CT molecular complexity index is 347. The summed E-state index contributed by atoms with van der Waals surface area (Å²) in [6.07, 6.45) is 4.58. The van der Waals surface area contributed by atoms with Gasteiger partial charge in [-0.1, -0.05) is 0 Å². The summed E-state index contributed by atoms with van der Waals surface area (Å²) < 4.78 is 7.05. The van der Waals surface area contributed by atoms with Crippen molar-refractivity contribution in [2.75, 3.05) is 33.4 Å². The molecule has 1 saturated heterocycles. The highest BCUT2D eigenvalue weighted by molar-refractivity contribution is 4.98. The number of rotatable bonds is 7. The standard InChI is InChI=1S/C13H24N4O/c1-16-7-5-13(15-16)11-17(8-9-18-2)10-12-4-3-6-14-12/h5,7,12,14H,3-4,6,8-11H2,1-2H3. The van der Waals surface area contributed by atoms with Crippen LogP contribution in [0, 0.1) is 0 Å². The summed E-state index contributed by atoms with van der Waals surface area (Å²) in [7, 11) is 3.72. The molecule has 2 rings (SSSR count). The van der Waals surface area contributed by atoms with Gasteiger partial charge < -0.3 is 10.1 Å². The van der Waals surface area contributed by atoms with Crippen molar-refractivity contribution in [2.45, 2.75) is 25.4 Å². The van der Waals surface area contributed by atoms with E-state index in [1.165, 1.54) is 12.8 Å². The third-order valence-electron chi connectivity index (χ3n) is 3.41. The Hall–Kier alpha value is -0.910. The fourth-order valence-electron chi connectivity index (χ4n) is 2.46. The molecule has 5 heteroatoms. The van der Waals surface area contributed by atoms with Crippen LogP contribution in [0.3, 0.4) is 0 Å². The highest BCUT2D eigenvalue weighted by Crippen LogP contribution is 2.09. The molecule has 1 aromatic heterocycles. The SMILES string of the molecule is COCCN(Cc1ccn(C)n1)CC1CCCN1. The third kappa shape index (κ3) is 4.08. The van der Waals surface area contributed by atoms with E-state index in [1.807, 2.05) is 17.9 Å². The van der Waals surface area contributed by atoms with Crippen molar-refractivity contribution in [3.63, 3.8) is 0 Å². The van der Waals surface area contributed by atoms with Gasteiger partial charge >= 0.3 is 0 Å². The molecule has 1 unspecified atom stereocenters. The molecule has 0 aliphatic carbocycles. The molecule has 5 nitrogen and oxygen atoms in total. The van der Waals surface area contributed by atoms with Gasteiger partial charge in [0.1, 0.15) is 0 Å². The van der Waals surface area contributed by atoms with E-state index in [9.17, 15) is 0 Å². The van der Waals surface area contributed by atoms with Gasteiger partial charge in [-0.25, -0.2) is 0 Å². The van der Waals surface area contributed by atoms with E-state index in [4.69, 9.17) is 4.74 Å². The zero-order valence-electron chi connectivity index (χ0n) is 11.4. The molecule has 2 heterocycles. The first-order valence-electron chi connectivity index (χ1n) is 6.71. The second kappa shape index (κ2) is 6.87. The lowest BCUT2D eigenvalue weighted by Crippen LogP contribution is -2.38. The van der Waals surface area contributed by atoms with E-state index in [2.05, 4.69) is 21.4 Å². The lowest BCUT2D eigenvalue weighted by atomic mass is 10.2. The minimum atomic E-state index is 0.630. The Morgan fingerprint density at radius 1 is 1.61 bits per heavy atom. The monoisotopic (exact) mass is 252 g/mol. The van der Waals surface area contributed by atoms with Crippen LogP contribution in [0.15, 0.2) is 12.3 Å². The maximum Gasteiger partial charge on any atom is 0.0764 e. The number of aromatic nitrogens is 2. The maximum absolute atomic E-state index is 5.19. The summed E-state index contributed by atoms with van der Waals surface area (Å²) in [5.74, 6) is 0. The molecular weight excluding hydrogens is 228 g/mol. The number of ether oxygens (including phenoxy) is 1. The predicted molar refractivity (Wildman–Crippen MR) is 71.4 cm³/mol. The number of methoxy groups -OCH3 is 1. The quantitative estimate of drug-likeness (QED) is 0.772. The molecule has 1 atom stereocenters. The van der Waals surface area contributed by atoms with Crippen molar-refractivity contribution in [1.82, 2.24) is 20.0 Å². The largest absolute Gasteiger partial charge is 0.383 e. The van der Waals surface area contributed by atoms with Crippen molar-refractivity contribution in [1.29, 1.82) is 0 Å². The Balaban J connectivity index is 1.86. The first kappa shape index (κ1) is 13.5. The Labute approximate surface area is 109 Å². The number of hydrogen-bond acceptors (Lipinski definition) is 4. The van der Waals surface area contributed by atoms with Crippen molar-refractivity contribution >= 4 is 0 Å². The Morgan fingerprint density at radius 2 is 2.50 bits per heavy atom. The Morgan fingerprint density at radius 3 is 3.11 bits per heavy atom. The summed E-state index contributed by atoms with van der Waals surface area (Å²) >= 11 is 0. The van der Waals surface area contributed by atoms with Crippen LogP contribution in [0.1, 0.15) is 18.5 Å². The van der Waals surface area contributed by atoms with Crippen LogP contribution in [-0.4, -0.2) is 54.1 Å². The molecule has 1 N–H and O–H groups in total. The number of hydrogen-bond donors (Lipinski definition) is 1. The highest BCUT2D eigenvalue weighted by atomic mass is 16.5. The van der Waals surface area contributed by atoms with Crippen molar-refractivity contribution in [3.05, 3.63) is 18.0 Å². The summed E-state index contributed by atoms with van der Waals surface area (Å²) in [5, 5.41) is 7.99. The normalized spacial score (nSPS) is 19.8. The molecule has 18 heavy (non-hydrogen) atoms. The molecular formula is C13H24N4O. The van der Waals surface area contributed by atoms with Gasteiger partial charge in [-0.3, -0.25) is 9.58 Å². The molecule has 0 amide bonds. The molecule has 0 saturated carbocycles. The number of aryl methyl sites for hydroxylation is 1. The average molecular weight is 252 g/mol. The van der Waals surface area contributed by atoms with E-state index in [1.54, 1.807) is 7.11 Å². The lowest BCUT2D eigenvalue weighted by molar-refractivity contribution is 0.137. The van der Waals surface area contributed by atoms with E-state index in [-0.39, 0.29) is 0 Å². The highest BCUT2D eigenvalue weighted by Gasteiger charge is 2.18. The van der Waals surface area contributed by atoms with Gasteiger partial charge in [0.15, 0.2) is 0 Å². The maximum atomic E-state index is 5.19.